The summed E-state index contributed by atoms with van der Waals surface area (Å²) in [6.45, 7) is 18.3. The van der Waals surface area contributed by atoms with Crippen LogP contribution in [0, 0.1) is 0 Å². The van der Waals surface area contributed by atoms with Crippen LogP contribution in [0.4, 0.5) is 0 Å². The average Bonchev–Trinajstić information content (AvgIpc) is 2.32. The van der Waals surface area contributed by atoms with Crippen molar-refractivity contribution in [3.8, 4) is 0 Å². The first-order chi connectivity index (χ1) is 9.78. The molecule has 0 rings (SSSR count). The molecule has 130 valence electrons. The number of hydrogen-bond acceptors (Lipinski definition) is 3. The Bertz CT molecular complexity index is 376. The van der Waals surface area contributed by atoms with Gasteiger partial charge >= 0.3 is 5.97 Å². The van der Waals surface area contributed by atoms with Gasteiger partial charge in [-0.25, -0.2) is 0 Å². The maximum Gasteiger partial charge on any atom is 0.305 e. The van der Waals surface area contributed by atoms with Gasteiger partial charge in [-0.2, -0.15) is 0 Å². The molecule has 0 bridgehead atoms. The summed E-state index contributed by atoms with van der Waals surface area (Å²) in [5.74, 6) is -0.139. The third kappa shape index (κ3) is 8.90. The highest BCUT2D eigenvalue weighted by atomic mass is 28.4. The fraction of sp³-hybridized carbons (Fsp3) is 0.824. The Kier molecular flexibility index (Phi) is 8.30. The van der Waals surface area contributed by atoms with E-state index in [-0.39, 0.29) is 17.1 Å². The maximum atomic E-state index is 11.3. The van der Waals surface area contributed by atoms with E-state index in [1.807, 2.05) is 0 Å². The van der Waals surface area contributed by atoms with Gasteiger partial charge in [0, 0.05) is 6.42 Å². The summed E-state index contributed by atoms with van der Waals surface area (Å²) >= 11 is 0. The molecule has 0 radical (unpaired) electrons. The first-order valence-electron chi connectivity index (χ1n) is 8.22. The topological polar surface area (TPSA) is 35.5 Å². The number of esters is 1. The minimum Gasteiger partial charge on any atom is -0.469 e. The van der Waals surface area contributed by atoms with E-state index in [2.05, 4.69) is 65.3 Å². The Hall–Kier alpha value is -0.396. The third-order valence-corrected chi connectivity index (χ3v) is 9.86. The molecule has 0 saturated heterocycles. The van der Waals surface area contributed by atoms with Crippen LogP contribution in [-0.2, 0) is 14.0 Å². The number of carbonyl (C=O) groups excluding carboxylic acids is 1. The first kappa shape index (κ1) is 21.6. The molecule has 0 aromatic heterocycles. The normalized spacial score (nSPS) is 15.1. The van der Waals surface area contributed by atoms with Crippen LogP contribution in [0.15, 0.2) is 11.8 Å². The molecule has 5 heteroatoms. The van der Waals surface area contributed by atoms with Gasteiger partial charge < -0.3 is 9.16 Å². The largest absolute Gasteiger partial charge is 0.469 e. The quantitative estimate of drug-likeness (QED) is 0.451. The summed E-state index contributed by atoms with van der Waals surface area (Å²) in [7, 11) is -1.61. The molecule has 0 aliphatic heterocycles. The van der Waals surface area contributed by atoms with Crippen LogP contribution in [0.25, 0.3) is 0 Å². The van der Waals surface area contributed by atoms with Gasteiger partial charge in [0.1, 0.15) is 0 Å². The van der Waals surface area contributed by atoms with Crippen molar-refractivity contribution in [1.29, 1.82) is 0 Å². The Morgan fingerprint density at radius 1 is 1.14 bits per heavy atom. The lowest BCUT2D eigenvalue weighted by atomic mass is 10.1. The summed E-state index contributed by atoms with van der Waals surface area (Å²) in [4.78, 5) is 11.3. The zero-order valence-electron chi connectivity index (χ0n) is 16.1. The molecule has 0 saturated carbocycles. The minimum absolute atomic E-state index is 0.109. The van der Waals surface area contributed by atoms with Gasteiger partial charge in [-0.05, 0) is 31.0 Å². The van der Waals surface area contributed by atoms with Gasteiger partial charge in [-0.3, -0.25) is 4.79 Å². The highest BCUT2D eigenvalue weighted by Crippen LogP contribution is 2.38. The van der Waals surface area contributed by atoms with Crippen LogP contribution >= 0.6 is 0 Å². The lowest BCUT2D eigenvalue weighted by Gasteiger charge is -2.38. The molecule has 0 N–H and O–H groups in total. The van der Waals surface area contributed by atoms with Crippen LogP contribution in [0.3, 0.4) is 0 Å². The second kappa shape index (κ2) is 8.45. The molecule has 3 nitrogen and oxygen atoms in total. The average molecular weight is 345 g/mol. The molecule has 0 aliphatic rings. The van der Waals surface area contributed by atoms with E-state index in [9.17, 15) is 4.79 Å². The highest BCUT2D eigenvalue weighted by Gasteiger charge is 2.38. The van der Waals surface area contributed by atoms with Crippen molar-refractivity contribution in [2.24, 2.45) is 0 Å². The molecular formula is C17H36O3Si2. The molecule has 0 heterocycles. The lowest BCUT2D eigenvalue weighted by molar-refractivity contribution is -0.140. The number of methoxy groups -OCH3 is 1. The van der Waals surface area contributed by atoms with E-state index in [4.69, 9.17) is 9.16 Å². The van der Waals surface area contributed by atoms with Gasteiger partial charge in [-0.1, -0.05) is 52.2 Å². The van der Waals surface area contributed by atoms with Gasteiger partial charge in [0.15, 0.2) is 8.32 Å². The Morgan fingerprint density at radius 3 is 2.09 bits per heavy atom. The minimum atomic E-state index is -1.80. The Balaban J connectivity index is 4.87. The zero-order valence-corrected chi connectivity index (χ0v) is 18.1. The molecule has 0 amide bonds. The van der Waals surface area contributed by atoms with Crippen molar-refractivity contribution in [2.75, 3.05) is 7.11 Å². The van der Waals surface area contributed by atoms with Gasteiger partial charge in [0.05, 0.1) is 21.3 Å². The molecule has 0 aliphatic carbocycles. The number of carbonyl (C=O) groups is 1. The standard InChI is InChI=1S/C17H36O3Si2/c1-17(2,3)22(8,9)20-15(13-14-21(5,6)7)11-10-12-16(18)19-4/h13-15H,10-12H2,1-9H3/b14-13+/t15-/m0/s1. The summed E-state index contributed by atoms with van der Waals surface area (Å²) in [5.41, 5.74) is 2.35. The van der Waals surface area contributed by atoms with Crippen LogP contribution in [-0.4, -0.2) is 35.6 Å². The Labute approximate surface area is 139 Å². The fourth-order valence-electron chi connectivity index (χ4n) is 1.70. The third-order valence-electron chi connectivity index (χ3n) is 4.16. The van der Waals surface area contributed by atoms with Crippen molar-refractivity contribution in [1.82, 2.24) is 0 Å². The summed E-state index contributed by atoms with van der Waals surface area (Å²) in [6.07, 6.45) is 4.50. The van der Waals surface area contributed by atoms with E-state index in [0.29, 0.717) is 6.42 Å². The lowest BCUT2D eigenvalue weighted by Crippen LogP contribution is -2.43. The number of rotatable bonds is 8. The first-order valence-corrected chi connectivity index (χ1v) is 14.7. The van der Waals surface area contributed by atoms with E-state index < -0.39 is 16.4 Å². The second-order valence-corrected chi connectivity index (χ2v) is 18.4. The molecule has 0 fully saturated rings. The SMILES string of the molecule is COC(=O)CCC[C@@H](/C=C/[Si](C)(C)C)O[Si](C)(C)C(C)(C)C. The van der Waals surface area contributed by atoms with Crippen LogP contribution < -0.4 is 0 Å². The number of hydrogen-bond donors (Lipinski definition) is 0. The van der Waals surface area contributed by atoms with E-state index in [0.717, 1.165) is 12.8 Å². The molecule has 0 spiro atoms. The second-order valence-electron chi connectivity index (χ2n) is 8.61. The molecule has 0 unspecified atom stereocenters. The van der Waals surface area contributed by atoms with Crippen LogP contribution in [0.1, 0.15) is 40.0 Å². The van der Waals surface area contributed by atoms with Crippen molar-refractivity contribution in [3.05, 3.63) is 11.8 Å². The summed E-state index contributed by atoms with van der Waals surface area (Å²) < 4.78 is 11.3. The highest BCUT2D eigenvalue weighted by molar-refractivity contribution is 6.81. The molecule has 1 atom stereocenters. The summed E-state index contributed by atoms with van der Waals surface area (Å²) in [6, 6.07) is 0. The van der Waals surface area contributed by atoms with E-state index in [1.54, 1.807) is 0 Å². The smallest absolute Gasteiger partial charge is 0.305 e. The molecular weight excluding hydrogens is 308 g/mol. The predicted octanol–water partition coefficient (Wildman–Crippen LogP) is 5.15. The van der Waals surface area contributed by atoms with Crippen molar-refractivity contribution < 1.29 is 14.0 Å². The molecule has 0 aromatic rings. The van der Waals surface area contributed by atoms with Gasteiger partial charge in [0.2, 0.25) is 0 Å². The maximum absolute atomic E-state index is 11.3. The van der Waals surface area contributed by atoms with E-state index >= 15 is 0 Å². The van der Waals surface area contributed by atoms with Gasteiger partial charge in [-0.15, -0.1) is 0 Å². The molecule has 0 aromatic carbocycles. The monoisotopic (exact) mass is 344 g/mol. The van der Waals surface area contributed by atoms with Crippen LogP contribution in [0.2, 0.25) is 37.8 Å². The Morgan fingerprint density at radius 2 is 1.68 bits per heavy atom. The predicted molar refractivity (Wildman–Crippen MR) is 100 cm³/mol. The van der Waals surface area contributed by atoms with Crippen molar-refractivity contribution >= 4 is 22.4 Å². The van der Waals surface area contributed by atoms with Crippen molar-refractivity contribution in [3.63, 3.8) is 0 Å². The summed E-state index contributed by atoms with van der Waals surface area (Å²) in [5, 5.41) is 0.195. The van der Waals surface area contributed by atoms with Crippen molar-refractivity contribution in [2.45, 2.75) is 83.9 Å². The van der Waals surface area contributed by atoms with Gasteiger partial charge in [0.25, 0.3) is 0 Å². The number of ether oxygens (including phenoxy) is 1. The van der Waals surface area contributed by atoms with Crippen LogP contribution in [0.5, 0.6) is 0 Å². The molecule has 22 heavy (non-hydrogen) atoms. The fourth-order valence-corrected chi connectivity index (χ4v) is 3.79. The van der Waals surface area contributed by atoms with E-state index in [1.165, 1.54) is 7.11 Å². The zero-order chi connectivity index (χ0) is 17.6.